The van der Waals surface area contributed by atoms with Gasteiger partial charge in [-0.1, -0.05) is 18.2 Å². The van der Waals surface area contributed by atoms with Gasteiger partial charge in [0, 0.05) is 36.7 Å². The number of carbonyl (C=O) groups is 2. The van der Waals surface area contributed by atoms with Gasteiger partial charge in [0.05, 0.1) is 18.0 Å². The maximum absolute atomic E-state index is 13.4. The zero-order chi connectivity index (χ0) is 23.0. The van der Waals surface area contributed by atoms with Crippen LogP contribution in [0.5, 0.6) is 0 Å². The Hall–Kier alpha value is -3.94. The molecule has 4 rings (SSSR count). The van der Waals surface area contributed by atoms with Gasteiger partial charge in [0.25, 0.3) is 5.91 Å². The average molecular weight is 448 g/mol. The number of nitrogens with zero attached hydrogens (tertiary/aromatic N) is 2. The highest BCUT2D eigenvalue weighted by molar-refractivity contribution is 6.06. The van der Waals surface area contributed by atoms with Crippen molar-refractivity contribution in [2.24, 2.45) is 5.92 Å². The second-order valence-corrected chi connectivity index (χ2v) is 7.87. The molecule has 170 valence electrons. The van der Waals surface area contributed by atoms with Crippen molar-refractivity contribution in [2.45, 2.75) is 12.8 Å². The molecule has 0 spiro atoms. The number of aromatic nitrogens is 1. The van der Waals surface area contributed by atoms with Crippen LogP contribution in [0.3, 0.4) is 0 Å². The van der Waals surface area contributed by atoms with Gasteiger partial charge < -0.3 is 15.0 Å². The number of nitrogens with one attached hydrogen (secondary N) is 2. The largest absolute Gasteiger partial charge is 0.449 e. The van der Waals surface area contributed by atoms with Gasteiger partial charge in [0.2, 0.25) is 0 Å². The molecule has 1 fully saturated rings. The number of para-hydroxylation sites is 2. The molecule has 1 aliphatic heterocycles. The van der Waals surface area contributed by atoms with E-state index in [-0.39, 0.29) is 11.5 Å². The molecule has 2 amide bonds. The first-order valence-corrected chi connectivity index (χ1v) is 10.8. The normalized spacial score (nSPS) is 13.9. The summed E-state index contributed by atoms with van der Waals surface area (Å²) < 4.78 is 18.9. The van der Waals surface area contributed by atoms with Crippen LogP contribution in [0, 0.1) is 11.7 Å². The van der Waals surface area contributed by atoms with E-state index in [4.69, 9.17) is 4.74 Å². The van der Waals surface area contributed by atoms with Gasteiger partial charge in [0.1, 0.15) is 5.82 Å². The number of halogens is 1. The molecule has 0 bridgehead atoms. The zero-order valence-corrected chi connectivity index (χ0v) is 18.0. The first-order valence-electron chi connectivity index (χ1n) is 10.8. The second kappa shape index (κ2) is 10.6. The summed E-state index contributed by atoms with van der Waals surface area (Å²) in [4.78, 5) is 31.2. The minimum Gasteiger partial charge on any atom is -0.449 e. The summed E-state index contributed by atoms with van der Waals surface area (Å²) in [6.45, 7) is 2.12. The third kappa shape index (κ3) is 6.06. The van der Waals surface area contributed by atoms with Crippen molar-refractivity contribution in [2.75, 3.05) is 35.2 Å². The van der Waals surface area contributed by atoms with Crippen LogP contribution >= 0.6 is 0 Å². The minimum atomic E-state index is -0.584. The monoisotopic (exact) mass is 448 g/mol. The molecule has 1 aliphatic rings. The predicted molar refractivity (Wildman–Crippen MR) is 125 cm³/mol. The van der Waals surface area contributed by atoms with Crippen LogP contribution in [0.25, 0.3) is 0 Å². The van der Waals surface area contributed by atoms with E-state index in [0.29, 0.717) is 18.0 Å². The molecule has 2 aromatic carbocycles. The Morgan fingerprint density at radius 2 is 1.67 bits per heavy atom. The summed E-state index contributed by atoms with van der Waals surface area (Å²) in [5.41, 5.74) is 2.14. The Bertz CT molecular complexity index is 1100. The molecule has 0 radical (unpaired) electrons. The third-order valence-corrected chi connectivity index (χ3v) is 5.59. The van der Waals surface area contributed by atoms with Gasteiger partial charge in [-0.05, 0) is 61.2 Å². The fraction of sp³-hybridized carbons (Fsp3) is 0.240. The molecule has 0 unspecified atom stereocenters. The summed E-state index contributed by atoms with van der Waals surface area (Å²) >= 11 is 0. The number of piperidine rings is 1. The smallest absolute Gasteiger partial charge is 0.411 e. The zero-order valence-electron chi connectivity index (χ0n) is 18.0. The van der Waals surface area contributed by atoms with E-state index < -0.39 is 17.8 Å². The van der Waals surface area contributed by atoms with Crippen molar-refractivity contribution in [1.82, 2.24) is 4.98 Å². The van der Waals surface area contributed by atoms with Gasteiger partial charge >= 0.3 is 6.09 Å². The highest BCUT2D eigenvalue weighted by atomic mass is 19.1. The van der Waals surface area contributed by atoms with Crippen LogP contribution in [0.15, 0.2) is 73.1 Å². The number of carbonyl (C=O) groups excluding carboxylic acids is 2. The number of pyridine rings is 1. The predicted octanol–water partition coefficient (Wildman–Crippen LogP) is 4.94. The molecular weight excluding hydrogens is 423 g/mol. The number of amides is 2. The van der Waals surface area contributed by atoms with Crippen molar-refractivity contribution in [1.29, 1.82) is 0 Å². The highest BCUT2D eigenvalue weighted by Crippen LogP contribution is 2.24. The summed E-state index contributed by atoms with van der Waals surface area (Å²) in [5.74, 6) is -0.681. The van der Waals surface area contributed by atoms with Gasteiger partial charge in [-0.15, -0.1) is 0 Å². The van der Waals surface area contributed by atoms with Crippen molar-refractivity contribution in [3.63, 3.8) is 0 Å². The molecule has 2 N–H and O–H groups in total. The Labute approximate surface area is 191 Å². The Balaban J connectivity index is 1.27. The molecule has 0 saturated carbocycles. The molecule has 7 nitrogen and oxygen atoms in total. The van der Waals surface area contributed by atoms with Crippen LogP contribution in [0.1, 0.15) is 23.2 Å². The van der Waals surface area contributed by atoms with Crippen LogP contribution in [0.4, 0.5) is 26.2 Å². The van der Waals surface area contributed by atoms with Crippen LogP contribution < -0.4 is 15.5 Å². The first-order chi connectivity index (χ1) is 16.1. The molecule has 3 aromatic rings. The molecule has 0 atom stereocenters. The van der Waals surface area contributed by atoms with Crippen molar-refractivity contribution in [3.05, 3.63) is 84.4 Å². The summed E-state index contributed by atoms with van der Waals surface area (Å²) in [6, 6.07) is 16.2. The quantitative estimate of drug-likeness (QED) is 0.558. The Kier molecular flexibility index (Phi) is 7.14. The van der Waals surface area contributed by atoms with E-state index in [1.807, 2.05) is 12.1 Å². The molecule has 1 aromatic heterocycles. The van der Waals surface area contributed by atoms with Crippen LogP contribution in [-0.4, -0.2) is 36.7 Å². The van der Waals surface area contributed by atoms with Crippen LogP contribution in [-0.2, 0) is 4.74 Å². The van der Waals surface area contributed by atoms with Gasteiger partial charge in [-0.25, -0.2) is 9.18 Å². The minimum absolute atomic E-state index is 0.186. The topological polar surface area (TPSA) is 83.6 Å². The van der Waals surface area contributed by atoms with Crippen molar-refractivity contribution < 1.29 is 18.7 Å². The Morgan fingerprint density at radius 3 is 2.36 bits per heavy atom. The SMILES string of the molecule is O=C(Nc1ccccc1NC(=O)c1cccc(F)c1)OCC1CCN(c2ccncc2)CC1. The van der Waals surface area contributed by atoms with E-state index in [9.17, 15) is 14.0 Å². The van der Waals surface area contributed by atoms with Gasteiger partial charge in [-0.2, -0.15) is 0 Å². The van der Waals surface area contributed by atoms with Crippen molar-refractivity contribution >= 4 is 29.1 Å². The number of ether oxygens (including phenoxy) is 1. The van der Waals surface area contributed by atoms with E-state index in [0.717, 1.165) is 37.7 Å². The maximum atomic E-state index is 13.4. The third-order valence-electron chi connectivity index (χ3n) is 5.59. The van der Waals surface area contributed by atoms with Gasteiger partial charge in [0.15, 0.2) is 0 Å². The second-order valence-electron chi connectivity index (χ2n) is 7.87. The lowest BCUT2D eigenvalue weighted by atomic mass is 9.97. The number of hydrogen-bond donors (Lipinski definition) is 2. The van der Waals surface area contributed by atoms with Gasteiger partial charge in [-0.3, -0.25) is 15.1 Å². The van der Waals surface area contributed by atoms with E-state index in [1.54, 1.807) is 36.7 Å². The first kappa shape index (κ1) is 22.3. The standard InChI is InChI=1S/C25H25FN4O3/c26-20-5-3-4-19(16-20)24(31)28-22-6-1-2-7-23(22)29-25(32)33-17-18-10-14-30(15-11-18)21-8-12-27-13-9-21/h1-9,12-13,16,18H,10-11,14-15,17H2,(H,28,31)(H,29,32). The average Bonchev–Trinajstić information content (AvgIpc) is 2.85. The number of anilines is 3. The number of rotatable bonds is 6. The van der Waals surface area contributed by atoms with E-state index in [2.05, 4.69) is 20.5 Å². The summed E-state index contributed by atoms with van der Waals surface area (Å²) in [7, 11) is 0. The number of benzene rings is 2. The fourth-order valence-electron chi connectivity index (χ4n) is 3.78. The van der Waals surface area contributed by atoms with E-state index >= 15 is 0 Å². The number of hydrogen-bond acceptors (Lipinski definition) is 5. The fourth-order valence-corrected chi connectivity index (χ4v) is 3.78. The summed E-state index contributed by atoms with van der Waals surface area (Å²) in [5, 5.41) is 5.39. The van der Waals surface area contributed by atoms with Crippen LogP contribution in [0.2, 0.25) is 0 Å². The highest BCUT2D eigenvalue weighted by Gasteiger charge is 2.21. The lowest BCUT2D eigenvalue weighted by molar-refractivity contribution is 0.102. The van der Waals surface area contributed by atoms with E-state index in [1.165, 1.54) is 18.2 Å². The maximum Gasteiger partial charge on any atom is 0.411 e. The molecule has 1 saturated heterocycles. The molecule has 0 aliphatic carbocycles. The Morgan fingerprint density at radius 1 is 0.970 bits per heavy atom. The lowest BCUT2D eigenvalue weighted by Crippen LogP contribution is -2.35. The molecule has 2 heterocycles. The molecule has 33 heavy (non-hydrogen) atoms. The van der Waals surface area contributed by atoms with Crippen molar-refractivity contribution in [3.8, 4) is 0 Å². The molecular formula is C25H25FN4O3. The lowest BCUT2D eigenvalue weighted by Gasteiger charge is -2.33. The molecule has 8 heteroatoms. The summed E-state index contributed by atoms with van der Waals surface area (Å²) in [6.07, 6.45) is 4.84.